The number of aliphatic imine (C=N–C) groups is 1. The van der Waals surface area contributed by atoms with Crippen molar-refractivity contribution in [1.82, 2.24) is 15.6 Å². The molecule has 2 rings (SSSR count). The molecule has 0 saturated heterocycles. The Kier molecular flexibility index (Phi) is 8.35. The molecule has 2 aromatic rings. The molecule has 0 bridgehead atoms. The minimum atomic E-state index is -0.758. The van der Waals surface area contributed by atoms with Gasteiger partial charge in [0.15, 0.2) is 5.96 Å². The second-order valence-corrected chi connectivity index (χ2v) is 5.64. The molecule has 0 saturated carbocycles. The summed E-state index contributed by atoms with van der Waals surface area (Å²) in [5, 5.41) is 16.4. The molecule has 6 nitrogen and oxygen atoms in total. The number of hydrogen-bond acceptors (Lipinski definition) is 4. The van der Waals surface area contributed by atoms with Gasteiger partial charge in [0.1, 0.15) is 24.3 Å². The van der Waals surface area contributed by atoms with E-state index in [1.165, 1.54) is 24.3 Å². The maximum atomic E-state index is 12.8. The van der Waals surface area contributed by atoms with E-state index < -0.39 is 6.10 Å². The van der Waals surface area contributed by atoms with E-state index in [9.17, 15) is 9.50 Å². The standard InChI is InChI=1S/C19H25FN4O2/c1-2-21-19(23-12-10-16-5-3-4-11-22-16)24-13-17(25)14-26-18-8-6-15(20)7-9-18/h3-9,11,17,25H,2,10,12-14H2,1H3,(H2,21,23,24). The fraction of sp³-hybridized carbons (Fsp3) is 0.368. The zero-order valence-electron chi connectivity index (χ0n) is 14.9. The molecule has 1 aromatic carbocycles. The quantitative estimate of drug-likeness (QED) is 0.469. The Hall–Kier alpha value is -2.67. The van der Waals surface area contributed by atoms with Crippen molar-refractivity contribution >= 4 is 5.96 Å². The lowest BCUT2D eigenvalue weighted by atomic mass is 10.3. The molecule has 1 aromatic heterocycles. The monoisotopic (exact) mass is 360 g/mol. The van der Waals surface area contributed by atoms with Crippen LogP contribution in [0.2, 0.25) is 0 Å². The van der Waals surface area contributed by atoms with Crippen LogP contribution >= 0.6 is 0 Å². The third-order valence-corrected chi connectivity index (χ3v) is 3.46. The number of benzene rings is 1. The number of hydrogen-bond donors (Lipinski definition) is 3. The van der Waals surface area contributed by atoms with Crippen LogP contribution in [0, 0.1) is 5.82 Å². The van der Waals surface area contributed by atoms with E-state index >= 15 is 0 Å². The van der Waals surface area contributed by atoms with Crippen LogP contribution in [0.3, 0.4) is 0 Å². The molecule has 0 aliphatic carbocycles. The Bertz CT molecular complexity index is 665. The van der Waals surface area contributed by atoms with Crippen molar-refractivity contribution < 1.29 is 14.2 Å². The van der Waals surface area contributed by atoms with Gasteiger partial charge in [-0.15, -0.1) is 0 Å². The third kappa shape index (κ3) is 7.48. The topological polar surface area (TPSA) is 78.8 Å². The largest absolute Gasteiger partial charge is 0.491 e. The highest BCUT2D eigenvalue weighted by atomic mass is 19.1. The second-order valence-electron chi connectivity index (χ2n) is 5.64. The predicted molar refractivity (Wildman–Crippen MR) is 99.8 cm³/mol. The first kappa shape index (κ1) is 19.7. The zero-order valence-corrected chi connectivity index (χ0v) is 14.9. The molecule has 7 heteroatoms. The van der Waals surface area contributed by atoms with Crippen molar-refractivity contribution in [2.24, 2.45) is 4.99 Å². The number of nitrogens with zero attached hydrogens (tertiary/aromatic N) is 2. The van der Waals surface area contributed by atoms with Crippen molar-refractivity contribution in [1.29, 1.82) is 0 Å². The summed E-state index contributed by atoms with van der Waals surface area (Å²) >= 11 is 0. The van der Waals surface area contributed by atoms with Gasteiger partial charge < -0.3 is 20.5 Å². The fourth-order valence-corrected chi connectivity index (χ4v) is 2.17. The smallest absolute Gasteiger partial charge is 0.191 e. The highest BCUT2D eigenvalue weighted by Gasteiger charge is 2.06. The van der Waals surface area contributed by atoms with E-state index in [2.05, 4.69) is 20.6 Å². The SMILES string of the molecule is CCNC(=NCC(O)COc1ccc(F)cc1)NCCc1ccccn1. The maximum absolute atomic E-state index is 12.8. The Labute approximate surface area is 153 Å². The molecule has 0 aliphatic heterocycles. The summed E-state index contributed by atoms with van der Waals surface area (Å²) in [7, 11) is 0. The van der Waals surface area contributed by atoms with Crippen molar-refractivity contribution in [3.05, 3.63) is 60.2 Å². The molecule has 1 heterocycles. The van der Waals surface area contributed by atoms with Gasteiger partial charge in [0.05, 0.1) is 6.54 Å². The summed E-state index contributed by atoms with van der Waals surface area (Å²) < 4.78 is 18.3. The van der Waals surface area contributed by atoms with Gasteiger partial charge in [-0.05, 0) is 43.3 Å². The lowest BCUT2D eigenvalue weighted by molar-refractivity contribution is 0.114. The minimum Gasteiger partial charge on any atom is -0.491 e. The second kappa shape index (κ2) is 11.0. The Morgan fingerprint density at radius 1 is 1.23 bits per heavy atom. The molecule has 0 amide bonds. The van der Waals surface area contributed by atoms with Gasteiger partial charge in [-0.2, -0.15) is 0 Å². The Morgan fingerprint density at radius 3 is 2.73 bits per heavy atom. The summed E-state index contributed by atoms with van der Waals surface area (Å²) in [4.78, 5) is 8.63. The summed E-state index contributed by atoms with van der Waals surface area (Å²) in [6.07, 6.45) is 1.79. The van der Waals surface area contributed by atoms with E-state index in [1.807, 2.05) is 25.1 Å². The van der Waals surface area contributed by atoms with Gasteiger partial charge >= 0.3 is 0 Å². The number of halogens is 1. The molecular weight excluding hydrogens is 335 g/mol. The molecular formula is C19H25FN4O2. The first-order chi connectivity index (χ1) is 12.7. The molecule has 1 atom stereocenters. The first-order valence-electron chi connectivity index (χ1n) is 8.66. The summed E-state index contributed by atoms with van der Waals surface area (Å²) in [6, 6.07) is 11.5. The van der Waals surface area contributed by atoms with Crippen LogP contribution in [0.15, 0.2) is 53.7 Å². The fourth-order valence-electron chi connectivity index (χ4n) is 2.17. The van der Waals surface area contributed by atoms with Crippen LogP contribution in [-0.2, 0) is 6.42 Å². The number of pyridine rings is 1. The van der Waals surface area contributed by atoms with Crippen molar-refractivity contribution in [3.8, 4) is 5.75 Å². The van der Waals surface area contributed by atoms with Gasteiger partial charge in [-0.1, -0.05) is 6.07 Å². The van der Waals surface area contributed by atoms with Crippen LogP contribution in [-0.4, -0.2) is 48.4 Å². The number of aliphatic hydroxyl groups excluding tert-OH is 1. The van der Waals surface area contributed by atoms with Crippen molar-refractivity contribution in [2.75, 3.05) is 26.2 Å². The zero-order chi connectivity index (χ0) is 18.6. The van der Waals surface area contributed by atoms with Crippen LogP contribution in [0.4, 0.5) is 4.39 Å². The molecule has 0 spiro atoms. The molecule has 0 aliphatic rings. The van der Waals surface area contributed by atoms with E-state index in [-0.39, 0.29) is 19.0 Å². The van der Waals surface area contributed by atoms with Gasteiger partial charge in [-0.25, -0.2) is 4.39 Å². The molecule has 1 unspecified atom stereocenters. The van der Waals surface area contributed by atoms with Crippen molar-refractivity contribution in [3.63, 3.8) is 0 Å². The molecule has 0 radical (unpaired) electrons. The van der Waals surface area contributed by atoms with E-state index in [1.54, 1.807) is 6.20 Å². The van der Waals surface area contributed by atoms with E-state index in [0.717, 1.165) is 18.7 Å². The molecule has 3 N–H and O–H groups in total. The van der Waals surface area contributed by atoms with E-state index in [4.69, 9.17) is 4.74 Å². The van der Waals surface area contributed by atoms with Gasteiger partial charge in [-0.3, -0.25) is 9.98 Å². The predicted octanol–water partition coefficient (Wildman–Crippen LogP) is 1.76. The summed E-state index contributed by atoms with van der Waals surface area (Å²) in [5.41, 5.74) is 1.00. The normalized spacial score (nSPS) is 12.5. The minimum absolute atomic E-state index is 0.0858. The highest BCUT2D eigenvalue weighted by molar-refractivity contribution is 5.79. The van der Waals surface area contributed by atoms with Gasteiger partial charge in [0.25, 0.3) is 0 Å². The lowest BCUT2D eigenvalue weighted by Gasteiger charge is -2.13. The van der Waals surface area contributed by atoms with E-state index in [0.29, 0.717) is 18.3 Å². The number of guanidine groups is 1. The van der Waals surface area contributed by atoms with Crippen LogP contribution < -0.4 is 15.4 Å². The number of aliphatic hydroxyl groups is 1. The highest BCUT2D eigenvalue weighted by Crippen LogP contribution is 2.11. The first-order valence-corrected chi connectivity index (χ1v) is 8.66. The third-order valence-electron chi connectivity index (χ3n) is 3.46. The maximum Gasteiger partial charge on any atom is 0.191 e. The van der Waals surface area contributed by atoms with Gasteiger partial charge in [0.2, 0.25) is 0 Å². The average Bonchev–Trinajstić information content (AvgIpc) is 2.66. The lowest BCUT2D eigenvalue weighted by Crippen LogP contribution is -2.39. The Morgan fingerprint density at radius 2 is 2.04 bits per heavy atom. The van der Waals surface area contributed by atoms with Crippen molar-refractivity contribution in [2.45, 2.75) is 19.4 Å². The van der Waals surface area contributed by atoms with Gasteiger partial charge in [0, 0.05) is 31.4 Å². The average molecular weight is 360 g/mol. The number of nitrogens with one attached hydrogen (secondary N) is 2. The number of rotatable bonds is 9. The molecule has 0 fully saturated rings. The number of aromatic nitrogens is 1. The molecule has 26 heavy (non-hydrogen) atoms. The van der Waals surface area contributed by atoms with Crippen LogP contribution in [0.5, 0.6) is 5.75 Å². The van der Waals surface area contributed by atoms with Crippen LogP contribution in [0.25, 0.3) is 0 Å². The van der Waals surface area contributed by atoms with Crippen LogP contribution in [0.1, 0.15) is 12.6 Å². The summed E-state index contributed by atoms with van der Waals surface area (Å²) in [6.45, 7) is 3.66. The molecule has 140 valence electrons. The summed E-state index contributed by atoms with van der Waals surface area (Å²) in [5.74, 6) is 0.814. The Balaban J connectivity index is 1.74. The number of ether oxygens (including phenoxy) is 1.